The fourth-order valence-corrected chi connectivity index (χ4v) is 4.02. The SMILES string of the molecule is COc1ccc(C(=O)Oc2ccc3ccccc3c2/C=N\NC(=O)c2cccc3ccccc23)cc1. The molecular formula is C30H22N2O4. The zero-order valence-corrected chi connectivity index (χ0v) is 19.5. The van der Waals surface area contributed by atoms with Crippen LogP contribution in [0.3, 0.4) is 0 Å². The molecule has 0 unspecified atom stereocenters. The van der Waals surface area contributed by atoms with Crippen molar-refractivity contribution in [3.63, 3.8) is 0 Å². The highest BCUT2D eigenvalue weighted by Gasteiger charge is 2.14. The molecule has 0 fully saturated rings. The van der Waals surface area contributed by atoms with Crippen molar-refractivity contribution >= 4 is 39.6 Å². The number of benzene rings is 5. The summed E-state index contributed by atoms with van der Waals surface area (Å²) < 4.78 is 10.9. The number of amides is 1. The molecule has 5 aromatic carbocycles. The molecule has 0 aliphatic rings. The Labute approximate surface area is 207 Å². The second-order valence-electron chi connectivity index (χ2n) is 8.04. The van der Waals surface area contributed by atoms with Crippen molar-refractivity contribution in [2.24, 2.45) is 5.10 Å². The van der Waals surface area contributed by atoms with Crippen LogP contribution in [0.4, 0.5) is 0 Å². The van der Waals surface area contributed by atoms with E-state index in [1.165, 1.54) is 6.21 Å². The largest absolute Gasteiger partial charge is 0.497 e. The highest BCUT2D eigenvalue weighted by Crippen LogP contribution is 2.28. The first-order valence-electron chi connectivity index (χ1n) is 11.3. The first-order chi connectivity index (χ1) is 17.6. The zero-order valence-electron chi connectivity index (χ0n) is 19.5. The Morgan fingerprint density at radius 3 is 2.17 bits per heavy atom. The smallest absolute Gasteiger partial charge is 0.343 e. The first-order valence-corrected chi connectivity index (χ1v) is 11.3. The molecule has 0 spiro atoms. The van der Waals surface area contributed by atoms with Crippen molar-refractivity contribution in [2.45, 2.75) is 0 Å². The molecule has 0 aromatic heterocycles. The third-order valence-corrected chi connectivity index (χ3v) is 5.85. The van der Waals surface area contributed by atoms with Crippen LogP contribution in [0.2, 0.25) is 0 Å². The number of hydrogen-bond donors (Lipinski definition) is 1. The van der Waals surface area contributed by atoms with Crippen LogP contribution in [0.15, 0.2) is 108 Å². The zero-order chi connectivity index (χ0) is 24.9. The summed E-state index contributed by atoms with van der Waals surface area (Å²) in [6.07, 6.45) is 1.50. The second-order valence-corrected chi connectivity index (χ2v) is 8.04. The standard InChI is InChI=1S/C30H22N2O4/c1-35-23-16-13-22(14-17-23)30(34)36-28-18-15-21-8-3-5-11-25(21)27(28)19-31-32-29(33)26-12-6-9-20-7-2-4-10-24(20)26/h2-19H,1H3,(H,32,33)/b31-19-. The minimum atomic E-state index is -0.512. The van der Waals surface area contributed by atoms with Gasteiger partial charge in [-0.25, -0.2) is 10.2 Å². The minimum Gasteiger partial charge on any atom is -0.497 e. The average Bonchev–Trinajstić information content (AvgIpc) is 2.93. The van der Waals surface area contributed by atoms with Crippen LogP contribution in [-0.4, -0.2) is 25.2 Å². The van der Waals surface area contributed by atoms with E-state index in [0.29, 0.717) is 28.2 Å². The van der Waals surface area contributed by atoms with E-state index in [-0.39, 0.29) is 5.91 Å². The van der Waals surface area contributed by atoms with Gasteiger partial charge in [0.2, 0.25) is 0 Å². The molecule has 36 heavy (non-hydrogen) atoms. The summed E-state index contributed by atoms with van der Waals surface area (Å²) in [6.45, 7) is 0. The Balaban J connectivity index is 1.43. The Morgan fingerprint density at radius 1 is 0.750 bits per heavy atom. The lowest BCUT2D eigenvalue weighted by atomic mass is 10.0. The lowest BCUT2D eigenvalue weighted by Gasteiger charge is -2.11. The summed E-state index contributed by atoms with van der Waals surface area (Å²) >= 11 is 0. The van der Waals surface area contributed by atoms with Gasteiger partial charge in [-0.15, -0.1) is 0 Å². The highest BCUT2D eigenvalue weighted by atomic mass is 16.5. The molecule has 6 nitrogen and oxygen atoms in total. The summed E-state index contributed by atoms with van der Waals surface area (Å²) in [6, 6.07) is 31.2. The summed E-state index contributed by atoms with van der Waals surface area (Å²) in [4.78, 5) is 25.7. The van der Waals surface area contributed by atoms with E-state index in [4.69, 9.17) is 9.47 Å². The van der Waals surface area contributed by atoms with E-state index in [1.54, 1.807) is 43.5 Å². The molecule has 5 aromatic rings. The van der Waals surface area contributed by atoms with Crippen molar-refractivity contribution in [3.8, 4) is 11.5 Å². The maximum atomic E-state index is 12.9. The number of carbonyl (C=O) groups is 2. The third-order valence-electron chi connectivity index (χ3n) is 5.85. The molecule has 1 amide bonds. The van der Waals surface area contributed by atoms with Gasteiger partial charge in [0.15, 0.2) is 0 Å². The molecule has 0 radical (unpaired) electrons. The van der Waals surface area contributed by atoms with Gasteiger partial charge in [0.25, 0.3) is 5.91 Å². The number of nitrogens with zero attached hydrogens (tertiary/aromatic N) is 1. The predicted molar refractivity (Wildman–Crippen MR) is 141 cm³/mol. The summed E-state index contributed by atoms with van der Waals surface area (Å²) in [5.74, 6) is 0.132. The van der Waals surface area contributed by atoms with Crippen molar-refractivity contribution in [3.05, 3.63) is 120 Å². The van der Waals surface area contributed by atoms with E-state index in [0.717, 1.165) is 21.5 Å². The molecule has 0 saturated heterocycles. The predicted octanol–water partition coefficient (Wildman–Crippen LogP) is 5.98. The third kappa shape index (κ3) is 4.65. The number of esters is 1. The van der Waals surface area contributed by atoms with Gasteiger partial charge >= 0.3 is 5.97 Å². The normalized spacial score (nSPS) is 11.0. The van der Waals surface area contributed by atoms with E-state index < -0.39 is 5.97 Å². The van der Waals surface area contributed by atoms with E-state index in [2.05, 4.69) is 10.5 Å². The molecule has 0 heterocycles. The molecule has 6 heteroatoms. The number of hydrogen-bond acceptors (Lipinski definition) is 5. The fourth-order valence-electron chi connectivity index (χ4n) is 4.02. The summed E-state index contributed by atoms with van der Waals surface area (Å²) in [5, 5.41) is 7.80. The van der Waals surface area contributed by atoms with Crippen LogP contribution in [-0.2, 0) is 0 Å². The Hall–Kier alpha value is -4.97. The van der Waals surface area contributed by atoms with Crippen LogP contribution in [0.5, 0.6) is 11.5 Å². The topological polar surface area (TPSA) is 77.0 Å². The van der Waals surface area contributed by atoms with Crippen LogP contribution >= 0.6 is 0 Å². The number of ether oxygens (including phenoxy) is 2. The summed E-state index contributed by atoms with van der Waals surface area (Å²) in [7, 11) is 1.56. The van der Waals surface area contributed by atoms with Crippen LogP contribution < -0.4 is 14.9 Å². The van der Waals surface area contributed by atoms with E-state index >= 15 is 0 Å². The van der Waals surface area contributed by atoms with Gasteiger partial charge in [0.1, 0.15) is 11.5 Å². The van der Waals surface area contributed by atoms with Gasteiger partial charge in [-0.2, -0.15) is 5.10 Å². The monoisotopic (exact) mass is 474 g/mol. The van der Waals surface area contributed by atoms with Crippen molar-refractivity contribution in [2.75, 3.05) is 7.11 Å². The fraction of sp³-hybridized carbons (Fsp3) is 0.0333. The lowest BCUT2D eigenvalue weighted by Crippen LogP contribution is -2.18. The van der Waals surface area contributed by atoms with Gasteiger partial charge in [0.05, 0.1) is 18.9 Å². The van der Waals surface area contributed by atoms with Gasteiger partial charge in [-0.3, -0.25) is 4.79 Å². The Morgan fingerprint density at radius 2 is 1.42 bits per heavy atom. The molecule has 0 atom stereocenters. The number of fused-ring (bicyclic) bond motifs is 2. The quantitative estimate of drug-likeness (QED) is 0.142. The molecule has 0 bridgehead atoms. The van der Waals surface area contributed by atoms with Gasteiger partial charge < -0.3 is 9.47 Å². The van der Waals surface area contributed by atoms with Gasteiger partial charge in [-0.05, 0) is 57.9 Å². The maximum Gasteiger partial charge on any atom is 0.343 e. The average molecular weight is 475 g/mol. The lowest BCUT2D eigenvalue weighted by molar-refractivity contribution is 0.0734. The highest BCUT2D eigenvalue weighted by molar-refractivity contribution is 6.08. The van der Waals surface area contributed by atoms with E-state index in [1.807, 2.05) is 66.7 Å². The maximum absolute atomic E-state index is 12.9. The first kappa shape index (κ1) is 22.8. The number of rotatable bonds is 6. The van der Waals surface area contributed by atoms with Crippen molar-refractivity contribution in [1.29, 1.82) is 0 Å². The van der Waals surface area contributed by atoms with Gasteiger partial charge in [0, 0.05) is 11.1 Å². The molecule has 0 aliphatic heterocycles. The van der Waals surface area contributed by atoms with Crippen LogP contribution in [0, 0.1) is 0 Å². The second kappa shape index (κ2) is 10.1. The van der Waals surface area contributed by atoms with Crippen molar-refractivity contribution in [1.82, 2.24) is 5.43 Å². The van der Waals surface area contributed by atoms with Crippen LogP contribution in [0.1, 0.15) is 26.3 Å². The Bertz CT molecular complexity index is 1600. The van der Waals surface area contributed by atoms with E-state index in [9.17, 15) is 9.59 Å². The number of hydrazone groups is 1. The number of methoxy groups -OCH3 is 1. The van der Waals surface area contributed by atoms with Gasteiger partial charge in [-0.1, -0.05) is 66.7 Å². The molecular weight excluding hydrogens is 452 g/mol. The molecule has 0 saturated carbocycles. The molecule has 1 N–H and O–H groups in total. The number of carbonyl (C=O) groups excluding carboxylic acids is 2. The Kier molecular flexibility index (Phi) is 6.40. The molecule has 176 valence electrons. The molecule has 0 aliphatic carbocycles. The van der Waals surface area contributed by atoms with Crippen LogP contribution in [0.25, 0.3) is 21.5 Å². The van der Waals surface area contributed by atoms with Crippen molar-refractivity contribution < 1.29 is 19.1 Å². The summed E-state index contributed by atoms with van der Waals surface area (Å²) in [5.41, 5.74) is 4.09. The number of nitrogens with one attached hydrogen (secondary N) is 1. The molecule has 5 rings (SSSR count). The minimum absolute atomic E-state index is 0.331.